The molecule has 0 aliphatic carbocycles. The molecule has 7 heteroatoms. The molecular formula is C61H39N5O2. The van der Waals surface area contributed by atoms with Gasteiger partial charge in [-0.1, -0.05) is 97.1 Å². The first-order valence-electron chi connectivity index (χ1n) is 22.7. The molecule has 0 saturated carbocycles. The SMILES string of the molecule is O=c1c2ccccc2n(-c2cc(-c3ccc(-n4c5ccncc5c5cc(N(c6ccccc6)c6ccccc6)ccc54)cc3)cc(-n3c4ccccc4c(=O)c4ccccc43)c2)c2ccccc12. The van der Waals surface area contributed by atoms with Crippen LogP contribution >= 0.6 is 0 Å². The zero-order valence-corrected chi connectivity index (χ0v) is 36.6. The summed E-state index contributed by atoms with van der Waals surface area (Å²) in [4.78, 5) is 34.8. The van der Waals surface area contributed by atoms with E-state index < -0.39 is 0 Å². The Labute approximate surface area is 389 Å². The summed E-state index contributed by atoms with van der Waals surface area (Å²) in [5.74, 6) is 0. The fourth-order valence-electron chi connectivity index (χ4n) is 10.2. The van der Waals surface area contributed by atoms with Gasteiger partial charge in [0.05, 0.1) is 33.1 Å². The number of hydrogen-bond donors (Lipinski definition) is 0. The Bertz CT molecular complexity index is 3940. The van der Waals surface area contributed by atoms with Crippen LogP contribution in [-0.2, 0) is 0 Å². The third-order valence-electron chi connectivity index (χ3n) is 13.3. The number of fused-ring (bicyclic) bond motifs is 7. The molecule has 4 heterocycles. The lowest BCUT2D eigenvalue weighted by Gasteiger charge is -2.25. The van der Waals surface area contributed by atoms with Gasteiger partial charge in [-0.25, -0.2) is 0 Å². The van der Waals surface area contributed by atoms with Crippen LogP contribution in [0.2, 0.25) is 0 Å². The maximum absolute atomic E-state index is 14.0. The molecule has 9 aromatic carbocycles. The van der Waals surface area contributed by atoms with E-state index in [0.717, 1.165) is 89.1 Å². The van der Waals surface area contributed by atoms with Crippen LogP contribution in [0, 0.1) is 0 Å². The average molecular weight is 874 g/mol. The summed E-state index contributed by atoms with van der Waals surface area (Å²) < 4.78 is 6.70. The largest absolute Gasteiger partial charge is 0.310 e. The van der Waals surface area contributed by atoms with Crippen molar-refractivity contribution in [2.45, 2.75) is 0 Å². The van der Waals surface area contributed by atoms with Crippen molar-refractivity contribution in [1.82, 2.24) is 18.7 Å². The molecule has 0 amide bonds. The highest BCUT2D eigenvalue weighted by Gasteiger charge is 2.20. The highest BCUT2D eigenvalue weighted by Crippen LogP contribution is 2.40. The third-order valence-corrected chi connectivity index (χ3v) is 13.3. The molecule has 0 unspecified atom stereocenters. The second kappa shape index (κ2) is 15.7. The Morgan fingerprint density at radius 2 is 0.735 bits per heavy atom. The number of rotatable bonds is 7. The minimum atomic E-state index is -0.00130. The maximum Gasteiger partial charge on any atom is 0.197 e. The minimum Gasteiger partial charge on any atom is -0.310 e. The van der Waals surface area contributed by atoms with Gasteiger partial charge in [0, 0.05) is 78.8 Å². The van der Waals surface area contributed by atoms with E-state index in [9.17, 15) is 9.59 Å². The molecule has 0 aliphatic rings. The predicted molar refractivity (Wildman–Crippen MR) is 280 cm³/mol. The molecule has 0 atom stereocenters. The highest BCUT2D eigenvalue weighted by molar-refractivity contribution is 6.10. The van der Waals surface area contributed by atoms with E-state index in [4.69, 9.17) is 0 Å². The highest BCUT2D eigenvalue weighted by atomic mass is 16.1. The Balaban J connectivity index is 1.01. The number of benzene rings is 9. The number of para-hydroxylation sites is 6. The van der Waals surface area contributed by atoms with Crippen LogP contribution in [0.15, 0.2) is 246 Å². The molecule has 0 bridgehead atoms. The van der Waals surface area contributed by atoms with Gasteiger partial charge in [0.1, 0.15) is 0 Å². The van der Waals surface area contributed by atoms with Crippen LogP contribution in [0.5, 0.6) is 0 Å². The van der Waals surface area contributed by atoms with E-state index in [1.165, 1.54) is 0 Å². The Hall–Kier alpha value is -9.33. The molecule has 7 nitrogen and oxygen atoms in total. The number of hydrogen-bond acceptors (Lipinski definition) is 4. The van der Waals surface area contributed by atoms with Gasteiger partial charge in [-0.15, -0.1) is 0 Å². The van der Waals surface area contributed by atoms with Gasteiger partial charge in [-0.3, -0.25) is 14.6 Å². The second-order valence-corrected chi connectivity index (χ2v) is 17.1. The molecule has 68 heavy (non-hydrogen) atoms. The summed E-state index contributed by atoms with van der Waals surface area (Å²) in [6, 6.07) is 76.3. The summed E-state index contributed by atoms with van der Waals surface area (Å²) in [7, 11) is 0. The fourth-order valence-corrected chi connectivity index (χ4v) is 10.2. The lowest BCUT2D eigenvalue weighted by molar-refractivity contribution is 1.12. The first-order valence-corrected chi connectivity index (χ1v) is 22.7. The molecule has 320 valence electrons. The van der Waals surface area contributed by atoms with E-state index in [0.29, 0.717) is 21.5 Å². The molecule has 13 aromatic rings. The predicted octanol–water partition coefficient (Wildman–Crippen LogP) is 14.2. The van der Waals surface area contributed by atoms with Crippen molar-refractivity contribution < 1.29 is 0 Å². The van der Waals surface area contributed by atoms with Crippen LogP contribution < -0.4 is 15.8 Å². The van der Waals surface area contributed by atoms with E-state index in [-0.39, 0.29) is 10.9 Å². The number of aromatic nitrogens is 4. The van der Waals surface area contributed by atoms with Crippen molar-refractivity contribution in [3.8, 4) is 28.2 Å². The van der Waals surface area contributed by atoms with Crippen LogP contribution in [0.1, 0.15) is 0 Å². The Morgan fingerprint density at radius 1 is 0.309 bits per heavy atom. The standard InChI is InChI=1S/C61H39N5O2/c67-60-48-19-7-11-23-54(48)65(55-24-12-8-20-49(55)60)46-35-41(36-47(37-46)66-56-25-13-9-21-50(56)61(68)51-22-10-14-26-57(51)66)40-27-29-44(30-28-40)64-58-32-31-45(38-52(58)53-39-62-34-33-59(53)64)63(42-15-3-1-4-16-42)43-17-5-2-6-18-43/h1-39H. The normalized spacial score (nSPS) is 11.6. The maximum atomic E-state index is 14.0. The van der Waals surface area contributed by atoms with E-state index >= 15 is 0 Å². The lowest BCUT2D eigenvalue weighted by atomic mass is 10.0. The Morgan fingerprint density at radius 3 is 1.24 bits per heavy atom. The van der Waals surface area contributed by atoms with E-state index in [2.05, 4.69) is 139 Å². The van der Waals surface area contributed by atoms with Crippen molar-refractivity contribution in [3.05, 3.63) is 257 Å². The summed E-state index contributed by atoms with van der Waals surface area (Å²) in [6.45, 7) is 0. The lowest BCUT2D eigenvalue weighted by Crippen LogP contribution is -2.12. The summed E-state index contributed by atoms with van der Waals surface area (Å²) >= 11 is 0. The zero-order valence-electron chi connectivity index (χ0n) is 36.6. The first kappa shape index (κ1) is 39.1. The molecule has 0 fully saturated rings. The average Bonchev–Trinajstić information content (AvgIpc) is 3.73. The van der Waals surface area contributed by atoms with Crippen molar-refractivity contribution >= 4 is 82.5 Å². The zero-order chi connectivity index (χ0) is 45.3. The van der Waals surface area contributed by atoms with E-state index in [1.807, 2.05) is 122 Å². The van der Waals surface area contributed by atoms with Crippen LogP contribution in [0.3, 0.4) is 0 Å². The smallest absolute Gasteiger partial charge is 0.197 e. The molecule has 0 saturated heterocycles. The summed E-state index contributed by atoms with van der Waals surface area (Å²) in [5, 5.41) is 4.73. The quantitative estimate of drug-likeness (QED) is 0.150. The molecule has 0 N–H and O–H groups in total. The van der Waals surface area contributed by atoms with Gasteiger partial charge < -0.3 is 18.6 Å². The number of pyridine rings is 3. The van der Waals surface area contributed by atoms with Gasteiger partial charge in [-0.2, -0.15) is 0 Å². The van der Waals surface area contributed by atoms with Gasteiger partial charge >= 0.3 is 0 Å². The van der Waals surface area contributed by atoms with Gasteiger partial charge in [0.25, 0.3) is 0 Å². The molecule has 0 aliphatic heterocycles. The van der Waals surface area contributed by atoms with E-state index in [1.54, 1.807) is 0 Å². The molecular weight excluding hydrogens is 835 g/mol. The van der Waals surface area contributed by atoms with Crippen molar-refractivity contribution in [2.24, 2.45) is 0 Å². The van der Waals surface area contributed by atoms with Crippen molar-refractivity contribution in [3.63, 3.8) is 0 Å². The fraction of sp³-hybridized carbons (Fsp3) is 0. The first-order chi connectivity index (χ1) is 33.6. The minimum absolute atomic E-state index is 0.00130. The topological polar surface area (TPSA) is 65.1 Å². The molecule has 13 rings (SSSR count). The molecule has 4 aromatic heterocycles. The summed E-state index contributed by atoms with van der Waals surface area (Å²) in [5.41, 5.74) is 13.3. The third kappa shape index (κ3) is 6.17. The van der Waals surface area contributed by atoms with Gasteiger partial charge in [-0.05, 0) is 139 Å². The molecule has 0 spiro atoms. The van der Waals surface area contributed by atoms with Crippen LogP contribution in [-0.4, -0.2) is 18.7 Å². The second-order valence-electron chi connectivity index (χ2n) is 17.1. The van der Waals surface area contributed by atoms with Crippen molar-refractivity contribution in [1.29, 1.82) is 0 Å². The van der Waals surface area contributed by atoms with Crippen LogP contribution in [0.4, 0.5) is 17.1 Å². The van der Waals surface area contributed by atoms with Crippen molar-refractivity contribution in [2.75, 3.05) is 4.90 Å². The Kier molecular flexibility index (Phi) is 9.01. The number of anilines is 3. The van der Waals surface area contributed by atoms with Gasteiger partial charge in [0.2, 0.25) is 0 Å². The van der Waals surface area contributed by atoms with Crippen LogP contribution in [0.25, 0.3) is 93.6 Å². The summed E-state index contributed by atoms with van der Waals surface area (Å²) in [6.07, 6.45) is 3.82. The number of nitrogens with zero attached hydrogens (tertiary/aromatic N) is 5. The van der Waals surface area contributed by atoms with Gasteiger partial charge in [0.15, 0.2) is 10.9 Å². The monoisotopic (exact) mass is 873 g/mol. The molecule has 0 radical (unpaired) electrons.